The minimum absolute atomic E-state index is 0.126. The highest BCUT2D eigenvalue weighted by Gasteiger charge is 2.51. The molecule has 2 rings (SSSR count). The van der Waals surface area contributed by atoms with E-state index in [9.17, 15) is 9.18 Å². The third-order valence-electron chi connectivity index (χ3n) is 3.88. The maximum Gasteiger partial charge on any atom is 0.313 e. The molecule has 1 atom stereocenters. The van der Waals surface area contributed by atoms with Crippen LogP contribution >= 0.6 is 0 Å². The van der Waals surface area contributed by atoms with Crippen LogP contribution in [-0.4, -0.2) is 20.1 Å². The molecule has 0 bridgehead atoms. The summed E-state index contributed by atoms with van der Waals surface area (Å²) >= 11 is 0. The lowest BCUT2D eigenvalue weighted by Gasteiger charge is -2.45. The van der Waals surface area contributed by atoms with Crippen molar-refractivity contribution < 1.29 is 13.9 Å². The van der Waals surface area contributed by atoms with Crippen LogP contribution in [0.2, 0.25) is 0 Å². The first-order valence-electron chi connectivity index (χ1n) is 6.15. The van der Waals surface area contributed by atoms with Gasteiger partial charge in [-0.1, -0.05) is 18.6 Å². The fourth-order valence-electron chi connectivity index (χ4n) is 2.79. The molecule has 18 heavy (non-hydrogen) atoms. The summed E-state index contributed by atoms with van der Waals surface area (Å²) in [5.41, 5.74) is 0.422. The summed E-state index contributed by atoms with van der Waals surface area (Å²) in [5.74, 6) is -0.452. The third-order valence-corrected chi connectivity index (χ3v) is 3.88. The third kappa shape index (κ3) is 2.01. The number of halogens is 1. The SMILES string of the molecule is CNC(c1ccc(F)cc1)C1(C(=O)OC)CCC1. The zero-order valence-corrected chi connectivity index (χ0v) is 10.7. The Bertz CT molecular complexity index is 426. The molecule has 1 aliphatic carbocycles. The minimum Gasteiger partial charge on any atom is -0.469 e. The summed E-state index contributed by atoms with van der Waals surface area (Å²) in [4.78, 5) is 12.0. The van der Waals surface area contributed by atoms with E-state index in [-0.39, 0.29) is 17.8 Å². The van der Waals surface area contributed by atoms with E-state index in [4.69, 9.17) is 4.74 Å². The molecular formula is C14H18FNO2. The van der Waals surface area contributed by atoms with Gasteiger partial charge >= 0.3 is 5.97 Å². The highest BCUT2D eigenvalue weighted by atomic mass is 19.1. The van der Waals surface area contributed by atoms with E-state index >= 15 is 0 Å². The minimum atomic E-state index is -0.499. The molecule has 1 aliphatic rings. The van der Waals surface area contributed by atoms with Crippen molar-refractivity contribution in [3.8, 4) is 0 Å². The Labute approximate surface area is 106 Å². The molecule has 3 nitrogen and oxygen atoms in total. The summed E-state index contributed by atoms with van der Waals surface area (Å²) < 4.78 is 17.9. The zero-order chi connectivity index (χ0) is 13.2. The summed E-state index contributed by atoms with van der Waals surface area (Å²) in [6, 6.07) is 6.16. The molecule has 0 saturated heterocycles. The van der Waals surface area contributed by atoms with Crippen LogP contribution in [0.5, 0.6) is 0 Å². The van der Waals surface area contributed by atoms with Crippen LogP contribution in [0.3, 0.4) is 0 Å². The molecule has 1 saturated carbocycles. The number of benzene rings is 1. The first-order chi connectivity index (χ1) is 8.64. The van der Waals surface area contributed by atoms with Crippen LogP contribution in [-0.2, 0) is 9.53 Å². The van der Waals surface area contributed by atoms with Gasteiger partial charge in [0, 0.05) is 6.04 Å². The Kier molecular flexibility index (Phi) is 3.66. The molecule has 0 spiro atoms. The number of nitrogens with one attached hydrogen (secondary N) is 1. The van der Waals surface area contributed by atoms with Gasteiger partial charge in [0.05, 0.1) is 12.5 Å². The summed E-state index contributed by atoms with van der Waals surface area (Å²) in [7, 11) is 3.23. The fraction of sp³-hybridized carbons (Fsp3) is 0.500. The molecule has 1 fully saturated rings. The molecule has 0 aliphatic heterocycles. The monoisotopic (exact) mass is 251 g/mol. The Morgan fingerprint density at radius 1 is 1.39 bits per heavy atom. The largest absolute Gasteiger partial charge is 0.469 e. The van der Waals surface area contributed by atoms with Crippen LogP contribution in [0, 0.1) is 11.2 Å². The van der Waals surface area contributed by atoms with Gasteiger partial charge in [-0.15, -0.1) is 0 Å². The number of carbonyl (C=O) groups is 1. The first kappa shape index (κ1) is 13.0. The van der Waals surface area contributed by atoms with Crippen LogP contribution in [0.4, 0.5) is 4.39 Å². The molecule has 0 heterocycles. The van der Waals surface area contributed by atoms with Crippen molar-refractivity contribution in [3.63, 3.8) is 0 Å². The molecule has 98 valence electrons. The van der Waals surface area contributed by atoms with Crippen molar-refractivity contribution in [2.24, 2.45) is 5.41 Å². The van der Waals surface area contributed by atoms with Crippen LogP contribution in [0.15, 0.2) is 24.3 Å². The van der Waals surface area contributed by atoms with Crippen LogP contribution in [0.1, 0.15) is 30.9 Å². The van der Waals surface area contributed by atoms with Gasteiger partial charge in [0.1, 0.15) is 5.82 Å². The molecule has 1 aromatic carbocycles. The van der Waals surface area contributed by atoms with Gasteiger partial charge in [-0.3, -0.25) is 4.79 Å². The Morgan fingerprint density at radius 2 is 2.00 bits per heavy atom. The van der Waals surface area contributed by atoms with E-state index in [1.165, 1.54) is 19.2 Å². The lowest BCUT2D eigenvalue weighted by Crippen LogP contribution is -2.48. The standard InChI is InChI=1S/C14H18FNO2/c1-16-12(10-4-6-11(15)7-5-10)14(8-3-9-14)13(17)18-2/h4-7,12,16H,3,8-9H2,1-2H3. The highest BCUT2D eigenvalue weighted by molar-refractivity contribution is 5.79. The Hall–Kier alpha value is -1.42. The van der Waals surface area contributed by atoms with Crippen LogP contribution in [0.25, 0.3) is 0 Å². The zero-order valence-electron chi connectivity index (χ0n) is 10.7. The number of hydrogen-bond donors (Lipinski definition) is 1. The van der Waals surface area contributed by atoms with Gasteiger partial charge in [0.15, 0.2) is 0 Å². The average molecular weight is 251 g/mol. The normalized spacial score (nSPS) is 18.8. The summed E-state index contributed by atoms with van der Waals surface area (Å²) in [6.07, 6.45) is 2.64. The molecule has 1 N–H and O–H groups in total. The predicted molar refractivity (Wildman–Crippen MR) is 66.5 cm³/mol. The lowest BCUT2D eigenvalue weighted by atomic mass is 9.62. The molecule has 4 heteroatoms. The topological polar surface area (TPSA) is 38.3 Å². The van der Waals surface area contributed by atoms with Crippen molar-refractivity contribution in [1.82, 2.24) is 5.32 Å². The lowest BCUT2D eigenvalue weighted by molar-refractivity contribution is -0.161. The van der Waals surface area contributed by atoms with Crippen molar-refractivity contribution in [2.75, 3.05) is 14.2 Å². The van der Waals surface area contributed by atoms with Gasteiger partial charge in [0.2, 0.25) is 0 Å². The molecule has 0 amide bonds. The van der Waals surface area contributed by atoms with E-state index in [1.807, 2.05) is 7.05 Å². The maximum absolute atomic E-state index is 13.0. The van der Waals surface area contributed by atoms with Crippen molar-refractivity contribution in [1.29, 1.82) is 0 Å². The first-order valence-corrected chi connectivity index (χ1v) is 6.15. The number of hydrogen-bond acceptors (Lipinski definition) is 3. The predicted octanol–water partition coefficient (Wildman–Crippen LogP) is 2.43. The second-order valence-electron chi connectivity index (χ2n) is 4.77. The van der Waals surface area contributed by atoms with Gasteiger partial charge < -0.3 is 10.1 Å². The Balaban J connectivity index is 2.32. The van der Waals surface area contributed by atoms with Gasteiger partial charge in [0.25, 0.3) is 0 Å². The smallest absolute Gasteiger partial charge is 0.313 e. The average Bonchev–Trinajstić information content (AvgIpc) is 2.34. The van der Waals surface area contributed by atoms with Crippen LogP contribution < -0.4 is 5.32 Å². The number of rotatable bonds is 4. The molecule has 0 radical (unpaired) electrons. The highest BCUT2D eigenvalue weighted by Crippen LogP contribution is 2.51. The number of methoxy groups -OCH3 is 1. The van der Waals surface area contributed by atoms with Crippen molar-refractivity contribution in [3.05, 3.63) is 35.6 Å². The molecule has 1 aromatic rings. The molecule has 1 unspecified atom stereocenters. The maximum atomic E-state index is 13.0. The van der Waals surface area contributed by atoms with E-state index in [2.05, 4.69) is 5.32 Å². The fourth-order valence-corrected chi connectivity index (χ4v) is 2.79. The number of esters is 1. The van der Waals surface area contributed by atoms with Crippen molar-refractivity contribution in [2.45, 2.75) is 25.3 Å². The van der Waals surface area contributed by atoms with E-state index in [0.29, 0.717) is 0 Å². The quantitative estimate of drug-likeness (QED) is 0.835. The number of ether oxygens (including phenoxy) is 1. The second-order valence-corrected chi connectivity index (χ2v) is 4.77. The van der Waals surface area contributed by atoms with Gasteiger partial charge in [-0.2, -0.15) is 0 Å². The van der Waals surface area contributed by atoms with E-state index in [0.717, 1.165) is 24.8 Å². The van der Waals surface area contributed by atoms with Gasteiger partial charge in [-0.25, -0.2) is 4.39 Å². The molecular weight excluding hydrogens is 233 g/mol. The van der Waals surface area contributed by atoms with E-state index in [1.54, 1.807) is 12.1 Å². The van der Waals surface area contributed by atoms with Crippen molar-refractivity contribution >= 4 is 5.97 Å². The number of carbonyl (C=O) groups excluding carboxylic acids is 1. The van der Waals surface area contributed by atoms with E-state index < -0.39 is 5.41 Å². The summed E-state index contributed by atoms with van der Waals surface area (Å²) in [5, 5.41) is 3.17. The Morgan fingerprint density at radius 3 is 2.39 bits per heavy atom. The summed E-state index contributed by atoms with van der Waals surface area (Å²) in [6.45, 7) is 0. The second kappa shape index (κ2) is 5.06. The molecule has 0 aromatic heterocycles. The van der Waals surface area contributed by atoms with Gasteiger partial charge in [-0.05, 0) is 37.6 Å².